The second-order valence-corrected chi connectivity index (χ2v) is 7.92. The van der Waals surface area contributed by atoms with Crippen LogP contribution < -0.4 is 14.8 Å². The van der Waals surface area contributed by atoms with E-state index in [0.29, 0.717) is 6.54 Å². The van der Waals surface area contributed by atoms with Gasteiger partial charge in [-0.25, -0.2) is 4.98 Å². The molecule has 1 aromatic heterocycles. The van der Waals surface area contributed by atoms with E-state index < -0.39 is 0 Å². The Kier molecular flexibility index (Phi) is 6.80. The Morgan fingerprint density at radius 3 is 2.53 bits per heavy atom. The fourth-order valence-electron chi connectivity index (χ4n) is 4.21. The number of ether oxygens (including phenoxy) is 2. The maximum absolute atomic E-state index is 5.54. The molecule has 2 heterocycles. The van der Waals surface area contributed by atoms with Gasteiger partial charge in [-0.3, -0.25) is 9.89 Å². The topological polar surface area (TPSA) is 67.2 Å². The van der Waals surface area contributed by atoms with Crippen molar-refractivity contribution in [3.8, 4) is 11.5 Å². The van der Waals surface area contributed by atoms with Crippen molar-refractivity contribution >= 4 is 17.0 Å². The Morgan fingerprint density at radius 1 is 1.06 bits per heavy atom. The lowest BCUT2D eigenvalue weighted by atomic mass is 10.1. The molecule has 3 aromatic rings. The molecule has 1 N–H and O–H groups in total. The Labute approximate surface area is 189 Å². The van der Waals surface area contributed by atoms with Crippen LogP contribution in [0.25, 0.3) is 11.0 Å². The summed E-state index contributed by atoms with van der Waals surface area (Å²) in [6.45, 7) is 5.20. The smallest absolute Gasteiger partial charge is 0.194 e. The van der Waals surface area contributed by atoms with Gasteiger partial charge in [0.1, 0.15) is 17.3 Å². The van der Waals surface area contributed by atoms with Crippen LogP contribution in [0.1, 0.15) is 11.4 Å². The monoisotopic (exact) mass is 436 g/mol. The number of piperazine rings is 1. The van der Waals surface area contributed by atoms with Crippen molar-refractivity contribution in [3.63, 3.8) is 0 Å². The molecule has 0 radical (unpaired) electrons. The lowest BCUT2D eigenvalue weighted by Crippen LogP contribution is -2.52. The molecule has 1 aliphatic rings. The zero-order valence-corrected chi connectivity index (χ0v) is 19.3. The van der Waals surface area contributed by atoms with Crippen LogP contribution in [0.5, 0.6) is 11.5 Å². The number of fused-ring (bicyclic) bond motifs is 1. The molecule has 4 rings (SSSR count). The molecule has 0 atom stereocenters. The van der Waals surface area contributed by atoms with Gasteiger partial charge >= 0.3 is 0 Å². The maximum atomic E-state index is 5.54. The predicted molar refractivity (Wildman–Crippen MR) is 127 cm³/mol. The molecule has 1 aliphatic heterocycles. The highest BCUT2D eigenvalue weighted by molar-refractivity contribution is 5.80. The molecule has 1 fully saturated rings. The molecule has 0 bridgehead atoms. The molecule has 8 nitrogen and oxygen atoms in total. The molecule has 0 aliphatic carbocycles. The van der Waals surface area contributed by atoms with Crippen LogP contribution in [0.4, 0.5) is 0 Å². The van der Waals surface area contributed by atoms with Crippen molar-refractivity contribution in [2.45, 2.75) is 13.1 Å². The minimum atomic E-state index is 0.638. The summed E-state index contributed by atoms with van der Waals surface area (Å²) < 4.78 is 13.1. The summed E-state index contributed by atoms with van der Waals surface area (Å²) in [6.07, 6.45) is 0. The van der Waals surface area contributed by atoms with E-state index in [4.69, 9.17) is 14.5 Å². The Hall–Kier alpha value is -3.26. The number of nitrogens with zero attached hydrogens (tertiary/aromatic N) is 5. The average Bonchev–Trinajstić information content (AvgIpc) is 3.16. The third-order valence-electron chi connectivity index (χ3n) is 6.05. The fraction of sp³-hybridized carbons (Fsp3) is 0.417. The van der Waals surface area contributed by atoms with E-state index in [1.807, 2.05) is 37.4 Å². The first-order valence-corrected chi connectivity index (χ1v) is 10.9. The first-order valence-electron chi connectivity index (χ1n) is 10.9. The number of aromatic nitrogens is 2. The van der Waals surface area contributed by atoms with Crippen LogP contribution in [0.2, 0.25) is 0 Å². The van der Waals surface area contributed by atoms with E-state index in [1.165, 1.54) is 0 Å². The number of guanidine groups is 1. The molecule has 0 unspecified atom stereocenters. The fourth-order valence-corrected chi connectivity index (χ4v) is 4.21. The van der Waals surface area contributed by atoms with Crippen LogP contribution >= 0.6 is 0 Å². The van der Waals surface area contributed by atoms with E-state index >= 15 is 0 Å². The number of benzene rings is 2. The number of methoxy groups -OCH3 is 2. The molecular formula is C24H32N6O2. The second-order valence-electron chi connectivity index (χ2n) is 7.92. The number of imidazole rings is 1. The van der Waals surface area contributed by atoms with E-state index in [9.17, 15) is 0 Å². The van der Waals surface area contributed by atoms with E-state index in [1.54, 1.807) is 14.2 Å². The number of aliphatic imine (C=N–C) groups is 1. The largest absolute Gasteiger partial charge is 0.497 e. The summed E-state index contributed by atoms with van der Waals surface area (Å²) >= 11 is 0. The van der Waals surface area contributed by atoms with Crippen LogP contribution in [-0.4, -0.2) is 72.8 Å². The number of aryl methyl sites for hydroxylation is 1. The molecular weight excluding hydrogens is 404 g/mol. The van der Waals surface area contributed by atoms with Crippen molar-refractivity contribution in [1.82, 2.24) is 24.7 Å². The van der Waals surface area contributed by atoms with Crippen molar-refractivity contribution < 1.29 is 9.47 Å². The van der Waals surface area contributed by atoms with Crippen molar-refractivity contribution in [2.75, 3.05) is 47.4 Å². The first-order chi connectivity index (χ1) is 15.6. The molecule has 32 heavy (non-hydrogen) atoms. The third kappa shape index (κ3) is 4.65. The van der Waals surface area contributed by atoms with Crippen LogP contribution in [0.3, 0.4) is 0 Å². The van der Waals surface area contributed by atoms with Gasteiger partial charge in [0.2, 0.25) is 0 Å². The minimum absolute atomic E-state index is 0.638. The summed E-state index contributed by atoms with van der Waals surface area (Å²) in [7, 11) is 7.30. The van der Waals surface area contributed by atoms with Gasteiger partial charge in [0.05, 0.1) is 31.8 Å². The van der Waals surface area contributed by atoms with Gasteiger partial charge in [0.15, 0.2) is 5.96 Å². The third-order valence-corrected chi connectivity index (χ3v) is 6.05. The van der Waals surface area contributed by atoms with Gasteiger partial charge in [-0.15, -0.1) is 0 Å². The number of nitrogens with one attached hydrogen (secondary N) is 1. The molecule has 0 amide bonds. The minimum Gasteiger partial charge on any atom is -0.497 e. The summed E-state index contributed by atoms with van der Waals surface area (Å²) in [5, 5.41) is 3.49. The molecule has 0 saturated carbocycles. The Morgan fingerprint density at radius 2 is 1.84 bits per heavy atom. The standard InChI is InChI=1S/C24H32N6O2/c1-25-24(26-16-23-27-20-7-5-6-8-21(20)28(23)2)30-13-11-29(12-14-30)17-18-15-19(31-3)9-10-22(18)32-4/h5-10,15H,11-14,16-17H2,1-4H3,(H,25,26). The van der Waals surface area contributed by atoms with Crippen LogP contribution in [0, 0.1) is 0 Å². The quantitative estimate of drug-likeness (QED) is 0.473. The van der Waals surface area contributed by atoms with Gasteiger partial charge in [0, 0.05) is 52.4 Å². The number of hydrogen-bond acceptors (Lipinski definition) is 5. The normalized spacial score (nSPS) is 15.2. The molecule has 2 aromatic carbocycles. The highest BCUT2D eigenvalue weighted by Gasteiger charge is 2.21. The van der Waals surface area contributed by atoms with Crippen molar-refractivity contribution in [3.05, 3.63) is 53.9 Å². The Balaban J connectivity index is 1.34. The van der Waals surface area contributed by atoms with Gasteiger partial charge in [-0.2, -0.15) is 0 Å². The SMILES string of the molecule is CN=C(NCc1nc2ccccc2n1C)N1CCN(Cc2cc(OC)ccc2OC)CC1. The average molecular weight is 437 g/mol. The van der Waals surface area contributed by atoms with E-state index in [0.717, 1.165) is 72.6 Å². The molecule has 170 valence electrons. The first kappa shape index (κ1) is 22.0. The lowest BCUT2D eigenvalue weighted by molar-refractivity contribution is 0.171. The highest BCUT2D eigenvalue weighted by Crippen LogP contribution is 2.25. The van der Waals surface area contributed by atoms with Crippen molar-refractivity contribution in [1.29, 1.82) is 0 Å². The summed E-state index contributed by atoms with van der Waals surface area (Å²) in [5.74, 6) is 3.66. The van der Waals surface area contributed by atoms with Gasteiger partial charge < -0.3 is 24.3 Å². The number of para-hydroxylation sites is 2. The predicted octanol–water partition coefficient (Wildman–Crippen LogP) is 2.48. The van der Waals surface area contributed by atoms with Gasteiger partial charge in [-0.1, -0.05) is 12.1 Å². The summed E-state index contributed by atoms with van der Waals surface area (Å²) in [4.78, 5) is 14.0. The molecule has 8 heteroatoms. The van der Waals surface area contributed by atoms with Crippen LogP contribution in [-0.2, 0) is 20.1 Å². The zero-order chi connectivity index (χ0) is 22.5. The van der Waals surface area contributed by atoms with E-state index in [2.05, 4.69) is 43.9 Å². The van der Waals surface area contributed by atoms with Gasteiger partial charge in [0.25, 0.3) is 0 Å². The zero-order valence-electron chi connectivity index (χ0n) is 19.3. The maximum Gasteiger partial charge on any atom is 0.194 e. The Bertz CT molecular complexity index is 1090. The summed E-state index contributed by atoms with van der Waals surface area (Å²) in [6, 6.07) is 14.2. The molecule has 1 saturated heterocycles. The highest BCUT2D eigenvalue weighted by atomic mass is 16.5. The number of rotatable bonds is 6. The van der Waals surface area contributed by atoms with E-state index in [-0.39, 0.29) is 0 Å². The lowest BCUT2D eigenvalue weighted by Gasteiger charge is -2.36. The van der Waals surface area contributed by atoms with Gasteiger partial charge in [-0.05, 0) is 30.3 Å². The number of hydrogen-bond donors (Lipinski definition) is 1. The molecule has 0 spiro atoms. The van der Waals surface area contributed by atoms with Crippen LogP contribution in [0.15, 0.2) is 47.5 Å². The van der Waals surface area contributed by atoms with Crippen molar-refractivity contribution in [2.24, 2.45) is 12.0 Å². The summed E-state index contributed by atoms with van der Waals surface area (Å²) in [5.41, 5.74) is 3.30. The second kappa shape index (κ2) is 9.91.